The van der Waals surface area contributed by atoms with Gasteiger partial charge in [0.05, 0.1) is 18.4 Å². The lowest BCUT2D eigenvalue weighted by molar-refractivity contribution is 0.0601. The molecule has 0 bridgehead atoms. The number of carbonyl (C=O) groups excluding carboxylic acids is 1. The number of phenols is 1. The molecule has 0 saturated carbocycles. The molecule has 4 heteroatoms. The number of aromatic hydroxyl groups is 1. The Morgan fingerprint density at radius 1 is 1.54 bits per heavy atom. The molecular formula is C9H11NO3. The normalized spacial score (nSPS) is 9.38. The van der Waals surface area contributed by atoms with E-state index in [9.17, 15) is 9.90 Å². The zero-order chi connectivity index (χ0) is 9.84. The highest BCUT2D eigenvalue weighted by Gasteiger charge is 2.07. The van der Waals surface area contributed by atoms with Crippen molar-refractivity contribution in [3.05, 3.63) is 23.8 Å². The largest absolute Gasteiger partial charge is 0.506 e. The Morgan fingerprint density at radius 3 is 2.77 bits per heavy atom. The Bertz CT molecular complexity index is 323. The van der Waals surface area contributed by atoms with Crippen molar-refractivity contribution in [2.24, 2.45) is 0 Å². The van der Waals surface area contributed by atoms with E-state index in [2.05, 4.69) is 10.1 Å². The van der Waals surface area contributed by atoms with Crippen LogP contribution in [0.15, 0.2) is 18.2 Å². The molecular weight excluding hydrogens is 170 g/mol. The van der Waals surface area contributed by atoms with Crippen LogP contribution in [0, 0.1) is 0 Å². The van der Waals surface area contributed by atoms with Gasteiger partial charge in [0.2, 0.25) is 0 Å². The van der Waals surface area contributed by atoms with E-state index in [1.807, 2.05) is 0 Å². The monoisotopic (exact) mass is 181 g/mol. The summed E-state index contributed by atoms with van der Waals surface area (Å²) >= 11 is 0. The summed E-state index contributed by atoms with van der Waals surface area (Å²) in [6, 6.07) is 4.47. The average Bonchev–Trinajstić information content (AvgIpc) is 2.17. The molecule has 13 heavy (non-hydrogen) atoms. The summed E-state index contributed by atoms with van der Waals surface area (Å²) < 4.78 is 4.53. The predicted molar refractivity (Wildman–Crippen MR) is 49.0 cm³/mol. The Morgan fingerprint density at radius 2 is 2.23 bits per heavy atom. The number of methoxy groups -OCH3 is 1. The highest BCUT2D eigenvalue weighted by molar-refractivity contribution is 5.91. The van der Waals surface area contributed by atoms with Gasteiger partial charge in [0.15, 0.2) is 0 Å². The Labute approximate surface area is 76.1 Å². The molecule has 70 valence electrons. The third kappa shape index (κ3) is 1.90. The van der Waals surface area contributed by atoms with Crippen LogP contribution in [0.2, 0.25) is 0 Å². The van der Waals surface area contributed by atoms with E-state index < -0.39 is 5.97 Å². The fraction of sp³-hybridized carbons (Fsp3) is 0.222. The molecule has 0 heterocycles. The van der Waals surface area contributed by atoms with Crippen molar-refractivity contribution in [3.63, 3.8) is 0 Å². The lowest BCUT2D eigenvalue weighted by atomic mass is 10.2. The van der Waals surface area contributed by atoms with Crippen LogP contribution in [0.4, 0.5) is 5.69 Å². The number of hydrogen-bond acceptors (Lipinski definition) is 4. The first-order valence-electron chi connectivity index (χ1n) is 3.78. The summed E-state index contributed by atoms with van der Waals surface area (Å²) in [6.07, 6.45) is 0. The number of benzene rings is 1. The first-order chi connectivity index (χ1) is 6.19. The number of rotatable bonds is 2. The van der Waals surface area contributed by atoms with Gasteiger partial charge in [0, 0.05) is 7.05 Å². The number of ether oxygens (including phenoxy) is 1. The van der Waals surface area contributed by atoms with Gasteiger partial charge in [-0.25, -0.2) is 4.79 Å². The molecule has 1 aromatic carbocycles. The van der Waals surface area contributed by atoms with Crippen molar-refractivity contribution in [3.8, 4) is 5.75 Å². The van der Waals surface area contributed by atoms with Gasteiger partial charge < -0.3 is 15.2 Å². The second-order valence-electron chi connectivity index (χ2n) is 2.47. The second-order valence-corrected chi connectivity index (χ2v) is 2.47. The predicted octanol–water partition coefficient (Wildman–Crippen LogP) is 1.22. The molecule has 0 aliphatic rings. The van der Waals surface area contributed by atoms with Crippen LogP contribution in [0.25, 0.3) is 0 Å². The second kappa shape index (κ2) is 3.80. The molecule has 0 saturated heterocycles. The van der Waals surface area contributed by atoms with E-state index >= 15 is 0 Å². The first-order valence-corrected chi connectivity index (χ1v) is 3.78. The smallest absolute Gasteiger partial charge is 0.337 e. The topological polar surface area (TPSA) is 58.6 Å². The number of anilines is 1. The van der Waals surface area contributed by atoms with Gasteiger partial charge in [-0.1, -0.05) is 0 Å². The fourth-order valence-corrected chi connectivity index (χ4v) is 0.981. The summed E-state index contributed by atoms with van der Waals surface area (Å²) in [7, 11) is 2.98. The number of esters is 1. The standard InChI is InChI=1S/C9H11NO3/c1-10-7-5-6(9(12)13-2)3-4-8(7)11/h3-5,10-11H,1-2H3. The Kier molecular flexibility index (Phi) is 2.74. The molecule has 1 rings (SSSR count). The van der Waals surface area contributed by atoms with Crippen molar-refractivity contribution >= 4 is 11.7 Å². The fourth-order valence-electron chi connectivity index (χ4n) is 0.981. The lowest BCUT2D eigenvalue weighted by Gasteiger charge is -2.05. The van der Waals surface area contributed by atoms with Gasteiger partial charge in [0.1, 0.15) is 5.75 Å². The Hall–Kier alpha value is -1.71. The SMILES string of the molecule is CNc1cc(C(=O)OC)ccc1O. The number of hydrogen-bond donors (Lipinski definition) is 2. The van der Waals surface area contributed by atoms with Crippen molar-refractivity contribution in [1.29, 1.82) is 0 Å². The van der Waals surface area contributed by atoms with Gasteiger partial charge in [-0.05, 0) is 18.2 Å². The molecule has 1 aromatic rings. The third-order valence-electron chi connectivity index (χ3n) is 1.69. The molecule has 0 atom stereocenters. The summed E-state index contributed by atoms with van der Waals surface area (Å²) in [4.78, 5) is 11.1. The van der Waals surface area contributed by atoms with Crippen LogP contribution in [-0.4, -0.2) is 25.2 Å². The maximum absolute atomic E-state index is 11.1. The molecule has 2 N–H and O–H groups in total. The van der Waals surface area contributed by atoms with Crippen LogP contribution < -0.4 is 5.32 Å². The molecule has 0 fully saturated rings. The molecule has 4 nitrogen and oxygen atoms in total. The molecule has 0 aliphatic carbocycles. The quantitative estimate of drug-likeness (QED) is 0.532. The van der Waals surface area contributed by atoms with Gasteiger partial charge in [-0.2, -0.15) is 0 Å². The van der Waals surface area contributed by atoms with Gasteiger partial charge >= 0.3 is 5.97 Å². The molecule has 0 radical (unpaired) electrons. The minimum absolute atomic E-state index is 0.107. The lowest BCUT2D eigenvalue weighted by Crippen LogP contribution is -2.01. The van der Waals surface area contributed by atoms with Crippen molar-refractivity contribution in [2.75, 3.05) is 19.5 Å². The van der Waals surface area contributed by atoms with E-state index in [0.29, 0.717) is 11.3 Å². The van der Waals surface area contributed by atoms with Crippen molar-refractivity contribution < 1.29 is 14.6 Å². The van der Waals surface area contributed by atoms with Crippen LogP contribution in [0.3, 0.4) is 0 Å². The number of phenolic OH excluding ortho intramolecular Hbond substituents is 1. The molecule has 0 amide bonds. The summed E-state index contributed by atoms with van der Waals surface area (Å²) in [5.41, 5.74) is 0.910. The molecule has 0 aromatic heterocycles. The van der Waals surface area contributed by atoms with Crippen LogP contribution in [-0.2, 0) is 4.74 Å². The summed E-state index contributed by atoms with van der Waals surface area (Å²) in [5, 5.41) is 12.0. The first kappa shape index (κ1) is 9.38. The summed E-state index contributed by atoms with van der Waals surface area (Å²) in [6.45, 7) is 0. The zero-order valence-electron chi connectivity index (χ0n) is 7.50. The highest BCUT2D eigenvalue weighted by atomic mass is 16.5. The number of carbonyl (C=O) groups is 1. The van der Waals surface area contributed by atoms with Crippen LogP contribution >= 0.6 is 0 Å². The molecule has 0 spiro atoms. The van der Waals surface area contributed by atoms with Crippen molar-refractivity contribution in [1.82, 2.24) is 0 Å². The number of nitrogens with one attached hydrogen (secondary N) is 1. The van der Waals surface area contributed by atoms with Gasteiger partial charge in [0.25, 0.3) is 0 Å². The Balaban J connectivity index is 3.06. The minimum Gasteiger partial charge on any atom is -0.506 e. The zero-order valence-corrected chi connectivity index (χ0v) is 7.50. The van der Waals surface area contributed by atoms with Crippen LogP contribution in [0.5, 0.6) is 5.75 Å². The van der Waals surface area contributed by atoms with Crippen molar-refractivity contribution in [2.45, 2.75) is 0 Å². The average molecular weight is 181 g/mol. The summed E-state index contributed by atoms with van der Waals surface area (Å²) in [5.74, 6) is -0.313. The molecule has 0 aliphatic heterocycles. The minimum atomic E-state index is -0.420. The highest BCUT2D eigenvalue weighted by Crippen LogP contribution is 2.23. The van der Waals surface area contributed by atoms with E-state index in [1.54, 1.807) is 7.05 Å². The van der Waals surface area contributed by atoms with E-state index in [1.165, 1.54) is 25.3 Å². The maximum atomic E-state index is 11.1. The third-order valence-corrected chi connectivity index (χ3v) is 1.69. The maximum Gasteiger partial charge on any atom is 0.337 e. The van der Waals surface area contributed by atoms with Gasteiger partial charge in [-0.3, -0.25) is 0 Å². The van der Waals surface area contributed by atoms with E-state index in [4.69, 9.17) is 0 Å². The van der Waals surface area contributed by atoms with Crippen LogP contribution in [0.1, 0.15) is 10.4 Å². The molecule has 0 unspecified atom stereocenters. The van der Waals surface area contributed by atoms with E-state index in [-0.39, 0.29) is 5.75 Å². The van der Waals surface area contributed by atoms with E-state index in [0.717, 1.165) is 0 Å². The van der Waals surface area contributed by atoms with Gasteiger partial charge in [-0.15, -0.1) is 0 Å².